The summed E-state index contributed by atoms with van der Waals surface area (Å²) in [5.74, 6) is 1.56. The van der Waals surface area contributed by atoms with Crippen LogP contribution in [0.2, 0.25) is 0 Å². The topological polar surface area (TPSA) is 43.1 Å². The van der Waals surface area contributed by atoms with Crippen LogP contribution in [0, 0.1) is 0 Å². The molecule has 0 radical (unpaired) electrons. The smallest absolute Gasteiger partial charge is 0.233 e. The maximum Gasteiger partial charge on any atom is 0.233 e. The maximum absolute atomic E-state index is 4.52. The Hall–Kier alpha value is -2.40. The largest absolute Gasteiger partial charge is 0.291 e. The Morgan fingerprint density at radius 1 is 1.00 bits per heavy atom. The minimum atomic E-state index is 0.743. The summed E-state index contributed by atoms with van der Waals surface area (Å²) >= 11 is 1.77. The molecule has 21 heavy (non-hydrogen) atoms. The van der Waals surface area contributed by atoms with Crippen molar-refractivity contribution in [3.8, 4) is 0 Å². The molecule has 0 aliphatic rings. The predicted molar refractivity (Wildman–Crippen MR) is 84.3 cm³/mol. The lowest BCUT2D eigenvalue weighted by Crippen LogP contribution is -1.84. The summed E-state index contributed by atoms with van der Waals surface area (Å²) in [6, 6.07) is 12.2. The maximum atomic E-state index is 4.52. The minimum absolute atomic E-state index is 0.743. The standard InChI is InChI=1S/C16H12N4S/c1-2-5-14-13(4-1)15(6-8-17-14)21-11-12-10-20-9-3-7-18-16(20)19-12/h1-10H,11H2. The molecule has 0 amide bonds. The number of fused-ring (bicyclic) bond motifs is 2. The Bertz CT molecular complexity index is 878. The monoisotopic (exact) mass is 292 g/mol. The Morgan fingerprint density at radius 2 is 1.95 bits per heavy atom. The van der Waals surface area contributed by atoms with E-state index in [2.05, 4.69) is 27.1 Å². The van der Waals surface area contributed by atoms with Gasteiger partial charge in [-0.2, -0.15) is 0 Å². The van der Waals surface area contributed by atoms with Crippen LogP contribution in [-0.2, 0) is 5.75 Å². The molecule has 3 aromatic heterocycles. The zero-order chi connectivity index (χ0) is 14.1. The molecule has 0 saturated carbocycles. The molecule has 0 bridgehead atoms. The summed E-state index contributed by atoms with van der Waals surface area (Å²) in [7, 11) is 0. The molecule has 5 heteroatoms. The van der Waals surface area contributed by atoms with Gasteiger partial charge >= 0.3 is 0 Å². The highest BCUT2D eigenvalue weighted by atomic mass is 32.2. The van der Waals surface area contributed by atoms with Crippen LogP contribution in [0.1, 0.15) is 5.69 Å². The number of nitrogens with zero attached hydrogens (tertiary/aromatic N) is 4. The number of imidazole rings is 1. The van der Waals surface area contributed by atoms with Gasteiger partial charge in [-0.1, -0.05) is 18.2 Å². The van der Waals surface area contributed by atoms with Gasteiger partial charge in [-0.15, -0.1) is 11.8 Å². The molecule has 0 aliphatic heterocycles. The number of aromatic nitrogens is 4. The van der Waals surface area contributed by atoms with Gasteiger partial charge in [-0.25, -0.2) is 9.97 Å². The number of hydrogen-bond donors (Lipinski definition) is 0. The first-order valence-corrected chi connectivity index (χ1v) is 7.64. The first kappa shape index (κ1) is 12.3. The second-order valence-electron chi connectivity index (χ2n) is 4.67. The molecule has 4 rings (SSSR count). The zero-order valence-corrected chi connectivity index (χ0v) is 12.0. The van der Waals surface area contributed by atoms with E-state index in [1.807, 2.05) is 47.3 Å². The van der Waals surface area contributed by atoms with Crippen molar-refractivity contribution in [3.63, 3.8) is 0 Å². The van der Waals surface area contributed by atoms with E-state index in [-0.39, 0.29) is 0 Å². The van der Waals surface area contributed by atoms with E-state index in [4.69, 9.17) is 0 Å². The fourth-order valence-corrected chi connectivity index (χ4v) is 3.22. The highest BCUT2D eigenvalue weighted by molar-refractivity contribution is 7.98. The Labute approximate surface area is 125 Å². The number of pyridine rings is 1. The van der Waals surface area contributed by atoms with Gasteiger partial charge in [0.05, 0.1) is 11.2 Å². The molecule has 0 aliphatic carbocycles. The second kappa shape index (κ2) is 5.18. The summed E-state index contributed by atoms with van der Waals surface area (Å²) in [6.07, 6.45) is 7.61. The van der Waals surface area contributed by atoms with E-state index in [1.54, 1.807) is 18.0 Å². The number of thioether (sulfide) groups is 1. The SMILES string of the molecule is c1ccc2c(SCc3cn4cccnc4n3)ccnc2c1. The van der Waals surface area contributed by atoms with Crippen molar-refractivity contribution in [2.45, 2.75) is 10.6 Å². The van der Waals surface area contributed by atoms with Crippen LogP contribution in [-0.4, -0.2) is 19.4 Å². The van der Waals surface area contributed by atoms with E-state index in [1.165, 1.54) is 10.3 Å². The predicted octanol–water partition coefficient (Wildman–Crippen LogP) is 3.57. The average molecular weight is 292 g/mol. The van der Waals surface area contributed by atoms with Gasteiger partial charge in [0.1, 0.15) is 0 Å². The molecule has 0 spiro atoms. The van der Waals surface area contributed by atoms with Crippen LogP contribution in [0.4, 0.5) is 0 Å². The summed E-state index contributed by atoms with van der Waals surface area (Å²) < 4.78 is 1.94. The normalized spacial score (nSPS) is 11.2. The first-order valence-electron chi connectivity index (χ1n) is 6.65. The molecule has 0 N–H and O–H groups in total. The van der Waals surface area contributed by atoms with E-state index < -0.39 is 0 Å². The lowest BCUT2D eigenvalue weighted by molar-refractivity contribution is 1.11. The van der Waals surface area contributed by atoms with Gasteiger partial charge in [0.15, 0.2) is 0 Å². The van der Waals surface area contributed by atoms with Crippen molar-refractivity contribution >= 4 is 28.4 Å². The van der Waals surface area contributed by atoms with Crippen molar-refractivity contribution < 1.29 is 0 Å². The van der Waals surface area contributed by atoms with Gasteiger partial charge < -0.3 is 0 Å². The van der Waals surface area contributed by atoms with Crippen LogP contribution in [0.15, 0.2) is 66.1 Å². The van der Waals surface area contributed by atoms with Crippen molar-refractivity contribution in [1.29, 1.82) is 0 Å². The van der Waals surface area contributed by atoms with Crippen molar-refractivity contribution in [2.24, 2.45) is 0 Å². The van der Waals surface area contributed by atoms with Crippen LogP contribution in [0.25, 0.3) is 16.7 Å². The molecule has 1 aromatic carbocycles. The number of benzene rings is 1. The second-order valence-corrected chi connectivity index (χ2v) is 5.69. The molecule has 0 saturated heterocycles. The van der Waals surface area contributed by atoms with E-state index in [0.717, 1.165) is 22.7 Å². The molecular formula is C16H12N4S. The summed E-state index contributed by atoms with van der Waals surface area (Å²) in [5, 5.41) is 1.19. The number of rotatable bonds is 3. The lowest BCUT2D eigenvalue weighted by atomic mass is 10.2. The third-order valence-electron chi connectivity index (χ3n) is 3.27. The van der Waals surface area contributed by atoms with Crippen LogP contribution >= 0.6 is 11.8 Å². The Balaban J connectivity index is 1.63. The van der Waals surface area contributed by atoms with Crippen molar-refractivity contribution in [3.05, 3.63) is 66.9 Å². The summed E-state index contributed by atoms with van der Waals surface area (Å²) in [4.78, 5) is 14.4. The summed E-state index contributed by atoms with van der Waals surface area (Å²) in [6.45, 7) is 0. The third kappa shape index (κ3) is 2.36. The number of para-hydroxylation sites is 1. The molecule has 0 fully saturated rings. The van der Waals surface area contributed by atoms with Gasteiger partial charge in [0, 0.05) is 40.8 Å². The third-order valence-corrected chi connectivity index (χ3v) is 4.38. The molecule has 0 atom stereocenters. The number of hydrogen-bond acceptors (Lipinski definition) is 4. The van der Waals surface area contributed by atoms with E-state index >= 15 is 0 Å². The highest BCUT2D eigenvalue weighted by Crippen LogP contribution is 2.28. The molecule has 4 nitrogen and oxygen atoms in total. The van der Waals surface area contributed by atoms with Crippen molar-refractivity contribution in [1.82, 2.24) is 19.4 Å². The summed E-state index contributed by atoms with van der Waals surface area (Å²) in [5.41, 5.74) is 2.05. The molecule has 4 aromatic rings. The lowest BCUT2D eigenvalue weighted by Gasteiger charge is -2.04. The Kier molecular flexibility index (Phi) is 3.05. The molecular weight excluding hydrogens is 280 g/mol. The van der Waals surface area contributed by atoms with E-state index in [0.29, 0.717) is 0 Å². The minimum Gasteiger partial charge on any atom is -0.291 e. The first-order chi connectivity index (χ1) is 10.4. The highest BCUT2D eigenvalue weighted by Gasteiger charge is 2.05. The van der Waals surface area contributed by atoms with Crippen LogP contribution < -0.4 is 0 Å². The van der Waals surface area contributed by atoms with Crippen LogP contribution in [0.3, 0.4) is 0 Å². The fourth-order valence-electron chi connectivity index (χ4n) is 2.30. The van der Waals surface area contributed by atoms with E-state index in [9.17, 15) is 0 Å². The zero-order valence-electron chi connectivity index (χ0n) is 11.2. The average Bonchev–Trinajstić information content (AvgIpc) is 2.96. The van der Waals surface area contributed by atoms with Crippen molar-refractivity contribution in [2.75, 3.05) is 0 Å². The quantitative estimate of drug-likeness (QED) is 0.541. The van der Waals surface area contributed by atoms with Gasteiger partial charge in [0.2, 0.25) is 5.78 Å². The molecule has 0 unspecified atom stereocenters. The Morgan fingerprint density at radius 3 is 2.90 bits per heavy atom. The molecule has 3 heterocycles. The van der Waals surface area contributed by atoms with Gasteiger partial charge in [0.25, 0.3) is 0 Å². The fraction of sp³-hybridized carbons (Fsp3) is 0.0625. The van der Waals surface area contributed by atoms with Crippen LogP contribution in [0.5, 0.6) is 0 Å². The van der Waals surface area contributed by atoms with Gasteiger partial charge in [-0.3, -0.25) is 9.38 Å². The van der Waals surface area contributed by atoms with Gasteiger partial charge in [-0.05, 0) is 18.2 Å². The molecule has 102 valence electrons.